The molecule has 1 saturated carbocycles. The lowest BCUT2D eigenvalue weighted by molar-refractivity contribution is -0.114. The summed E-state index contributed by atoms with van der Waals surface area (Å²) in [6.45, 7) is 1.42. The fourth-order valence-electron chi connectivity index (χ4n) is 3.39. The summed E-state index contributed by atoms with van der Waals surface area (Å²) in [4.78, 5) is 11.3. The van der Waals surface area contributed by atoms with Crippen LogP contribution in [0.15, 0.2) is 53.4 Å². The summed E-state index contributed by atoms with van der Waals surface area (Å²) in [6, 6.07) is 13.8. The minimum absolute atomic E-state index is 0.170. The molecule has 1 fully saturated rings. The van der Waals surface area contributed by atoms with Gasteiger partial charge in [0.15, 0.2) is 0 Å². The van der Waals surface area contributed by atoms with Crippen LogP contribution in [0.2, 0.25) is 0 Å². The van der Waals surface area contributed by atoms with Crippen LogP contribution in [0.25, 0.3) is 0 Å². The Bertz CT molecular complexity index is 853. The van der Waals surface area contributed by atoms with E-state index in [0.29, 0.717) is 17.3 Å². The molecule has 0 bridgehead atoms. The number of rotatable bonds is 5. The molecule has 0 radical (unpaired) electrons. The molecule has 6 heteroatoms. The third kappa shape index (κ3) is 4.64. The van der Waals surface area contributed by atoms with Crippen LogP contribution in [0.5, 0.6) is 0 Å². The van der Waals surface area contributed by atoms with Crippen molar-refractivity contribution in [3.8, 4) is 0 Å². The Morgan fingerprint density at radius 2 is 1.46 bits per heavy atom. The average Bonchev–Trinajstić information content (AvgIpc) is 2.64. The van der Waals surface area contributed by atoms with E-state index in [4.69, 9.17) is 0 Å². The molecule has 2 aromatic carbocycles. The smallest absolute Gasteiger partial charge is 0.261 e. The highest BCUT2D eigenvalue weighted by atomic mass is 32.2. The van der Waals surface area contributed by atoms with E-state index < -0.39 is 10.0 Å². The third-order valence-electron chi connectivity index (χ3n) is 4.72. The Hall–Kier alpha value is -2.34. The van der Waals surface area contributed by atoms with Crippen molar-refractivity contribution >= 4 is 27.3 Å². The van der Waals surface area contributed by atoms with Crippen molar-refractivity contribution in [2.75, 3.05) is 10.0 Å². The SMILES string of the molecule is CC(=O)Nc1ccc(NS(=O)(=O)c2ccc(C3CCCCC3)cc2)cc1. The van der Waals surface area contributed by atoms with Crippen LogP contribution in [0.3, 0.4) is 0 Å². The van der Waals surface area contributed by atoms with Gasteiger partial charge in [0, 0.05) is 18.3 Å². The van der Waals surface area contributed by atoms with Crippen LogP contribution in [-0.2, 0) is 14.8 Å². The van der Waals surface area contributed by atoms with Gasteiger partial charge in [0.2, 0.25) is 5.91 Å². The van der Waals surface area contributed by atoms with Crippen molar-refractivity contribution in [3.05, 3.63) is 54.1 Å². The molecule has 2 aromatic rings. The first-order chi connectivity index (χ1) is 12.4. The highest BCUT2D eigenvalue weighted by Crippen LogP contribution is 2.33. The molecular formula is C20H24N2O3S. The van der Waals surface area contributed by atoms with Crippen molar-refractivity contribution in [2.24, 2.45) is 0 Å². The Morgan fingerprint density at radius 1 is 0.885 bits per heavy atom. The van der Waals surface area contributed by atoms with Gasteiger partial charge >= 0.3 is 0 Å². The highest BCUT2D eigenvalue weighted by Gasteiger charge is 2.18. The van der Waals surface area contributed by atoms with Gasteiger partial charge in [-0.25, -0.2) is 8.42 Å². The number of amides is 1. The molecule has 1 amide bonds. The predicted molar refractivity (Wildman–Crippen MR) is 104 cm³/mol. The standard InChI is InChI=1S/C20H24N2O3S/c1-15(23)21-18-9-11-19(12-10-18)22-26(24,25)20-13-7-17(8-14-20)16-5-3-2-4-6-16/h7-14,16,22H,2-6H2,1H3,(H,21,23). The van der Waals surface area contributed by atoms with Gasteiger partial charge in [0.05, 0.1) is 4.90 Å². The number of anilines is 2. The van der Waals surface area contributed by atoms with E-state index >= 15 is 0 Å². The number of carbonyl (C=O) groups excluding carboxylic acids is 1. The summed E-state index contributed by atoms with van der Waals surface area (Å²) >= 11 is 0. The second-order valence-corrected chi connectivity index (χ2v) is 8.45. The van der Waals surface area contributed by atoms with Crippen molar-refractivity contribution in [2.45, 2.75) is 49.8 Å². The molecule has 1 aliphatic carbocycles. The molecule has 0 aromatic heterocycles. The van der Waals surface area contributed by atoms with E-state index in [1.54, 1.807) is 36.4 Å². The number of hydrogen-bond donors (Lipinski definition) is 2. The quantitative estimate of drug-likeness (QED) is 0.812. The van der Waals surface area contributed by atoms with Crippen molar-refractivity contribution in [3.63, 3.8) is 0 Å². The predicted octanol–water partition coefficient (Wildman–Crippen LogP) is 4.49. The summed E-state index contributed by atoms with van der Waals surface area (Å²) in [5.41, 5.74) is 2.30. The van der Waals surface area contributed by atoms with Crippen molar-refractivity contribution < 1.29 is 13.2 Å². The fourth-order valence-corrected chi connectivity index (χ4v) is 4.45. The van der Waals surface area contributed by atoms with Gasteiger partial charge in [-0.1, -0.05) is 31.4 Å². The van der Waals surface area contributed by atoms with Crippen molar-refractivity contribution in [1.29, 1.82) is 0 Å². The molecule has 138 valence electrons. The number of benzene rings is 2. The van der Waals surface area contributed by atoms with Gasteiger partial charge in [0.25, 0.3) is 10.0 Å². The molecule has 2 N–H and O–H groups in total. The maximum atomic E-state index is 12.6. The van der Waals surface area contributed by atoms with E-state index in [9.17, 15) is 13.2 Å². The topological polar surface area (TPSA) is 75.3 Å². The van der Waals surface area contributed by atoms with Gasteiger partial charge in [-0.3, -0.25) is 9.52 Å². The normalized spacial score (nSPS) is 15.4. The van der Waals surface area contributed by atoms with E-state index in [1.807, 2.05) is 12.1 Å². The lowest BCUT2D eigenvalue weighted by atomic mass is 9.84. The van der Waals surface area contributed by atoms with E-state index in [-0.39, 0.29) is 10.8 Å². The number of hydrogen-bond acceptors (Lipinski definition) is 3. The van der Waals surface area contributed by atoms with Crippen LogP contribution in [0, 0.1) is 0 Å². The van der Waals surface area contributed by atoms with Gasteiger partial charge < -0.3 is 5.32 Å². The fraction of sp³-hybridized carbons (Fsp3) is 0.350. The van der Waals surface area contributed by atoms with Gasteiger partial charge in [-0.15, -0.1) is 0 Å². The van der Waals surface area contributed by atoms with Crippen LogP contribution in [0.1, 0.15) is 50.5 Å². The zero-order valence-corrected chi connectivity index (χ0v) is 15.7. The first-order valence-electron chi connectivity index (χ1n) is 8.94. The summed E-state index contributed by atoms with van der Waals surface area (Å²) in [5, 5.41) is 2.65. The summed E-state index contributed by atoms with van der Waals surface area (Å²) in [7, 11) is -3.63. The first kappa shape index (κ1) is 18.5. The van der Waals surface area contributed by atoms with Crippen LogP contribution >= 0.6 is 0 Å². The number of sulfonamides is 1. The zero-order valence-electron chi connectivity index (χ0n) is 14.9. The molecular weight excluding hydrogens is 348 g/mol. The molecule has 0 aliphatic heterocycles. The highest BCUT2D eigenvalue weighted by molar-refractivity contribution is 7.92. The maximum Gasteiger partial charge on any atom is 0.261 e. The Kier molecular flexibility index (Phi) is 5.61. The minimum Gasteiger partial charge on any atom is -0.326 e. The van der Waals surface area contributed by atoms with E-state index in [2.05, 4.69) is 10.0 Å². The average molecular weight is 372 g/mol. The molecule has 3 rings (SSSR count). The summed E-state index contributed by atoms with van der Waals surface area (Å²) < 4.78 is 27.7. The Labute approximate surface area is 154 Å². The summed E-state index contributed by atoms with van der Waals surface area (Å²) in [6.07, 6.45) is 6.17. The zero-order chi connectivity index (χ0) is 18.6. The van der Waals surface area contributed by atoms with E-state index in [0.717, 1.165) is 0 Å². The van der Waals surface area contributed by atoms with Gasteiger partial charge in [0.1, 0.15) is 0 Å². The second-order valence-electron chi connectivity index (χ2n) is 6.77. The number of carbonyl (C=O) groups is 1. The van der Waals surface area contributed by atoms with E-state index in [1.165, 1.54) is 44.6 Å². The lowest BCUT2D eigenvalue weighted by Gasteiger charge is -2.22. The van der Waals surface area contributed by atoms with Gasteiger partial charge in [-0.2, -0.15) is 0 Å². The Morgan fingerprint density at radius 3 is 2.04 bits per heavy atom. The second kappa shape index (κ2) is 7.91. The van der Waals surface area contributed by atoms with Crippen LogP contribution in [-0.4, -0.2) is 14.3 Å². The first-order valence-corrected chi connectivity index (χ1v) is 10.4. The largest absolute Gasteiger partial charge is 0.326 e. The molecule has 0 saturated heterocycles. The molecule has 5 nitrogen and oxygen atoms in total. The minimum atomic E-state index is -3.63. The van der Waals surface area contributed by atoms with Crippen molar-refractivity contribution in [1.82, 2.24) is 0 Å². The molecule has 0 atom stereocenters. The van der Waals surface area contributed by atoms with Crippen LogP contribution < -0.4 is 10.0 Å². The molecule has 0 heterocycles. The number of nitrogens with one attached hydrogen (secondary N) is 2. The Balaban J connectivity index is 1.70. The summed E-state index contributed by atoms with van der Waals surface area (Å²) in [5.74, 6) is 0.381. The lowest BCUT2D eigenvalue weighted by Crippen LogP contribution is -2.13. The van der Waals surface area contributed by atoms with Crippen LogP contribution in [0.4, 0.5) is 11.4 Å². The molecule has 0 unspecified atom stereocenters. The maximum absolute atomic E-state index is 12.6. The molecule has 26 heavy (non-hydrogen) atoms. The third-order valence-corrected chi connectivity index (χ3v) is 6.12. The van der Waals surface area contributed by atoms with Gasteiger partial charge in [-0.05, 0) is 60.7 Å². The molecule has 1 aliphatic rings. The monoisotopic (exact) mass is 372 g/mol. The molecule has 0 spiro atoms.